The van der Waals surface area contributed by atoms with Gasteiger partial charge in [0.05, 0.1) is 17.7 Å². The summed E-state index contributed by atoms with van der Waals surface area (Å²) in [5.41, 5.74) is 3.23. The number of carbonyl (C=O) groups excluding carboxylic acids is 2. The number of phenols is 1. The van der Waals surface area contributed by atoms with Gasteiger partial charge in [0, 0.05) is 24.4 Å². The lowest BCUT2D eigenvalue weighted by atomic mass is 9.97. The maximum Gasteiger partial charge on any atom is 0.328 e. The summed E-state index contributed by atoms with van der Waals surface area (Å²) in [6.45, 7) is 9.82. The lowest BCUT2D eigenvalue weighted by Gasteiger charge is -2.25. The SMILES string of the molecule is CC.CC.COC(=O)C(Cc1ccc(C2=CCN(Sc3ccccc3)CC2)cc1)NC(=O)c1c(O)cccc1Cl. The monoisotopic (exact) mass is 582 g/mol. The summed E-state index contributed by atoms with van der Waals surface area (Å²) < 4.78 is 7.23. The van der Waals surface area contributed by atoms with Crippen molar-refractivity contribution in [2.45, 2.75) is 51.5 Å². The molecule has 40 heavy (non-hydrogen) atoms. The highest BCUT2D eigenvalue weighted by Crippen LogP contribution is 2.30. The molecular weight excluding hydrogens is 544 g/mol. The Labute approximate surface area is 247 Å². The minimum atomic E-state index is -0.929. The van der Waals surface area contributed by atoms with Gasteiger partial charge >= 0.3 is 5.97 Å². The Kier molecular flexibility index (Phi) is 14.4. The topological polar surface area (TPSA) is 78.9 Å². The largest absolute Gasteiger partial charge is 0.507 e. The van der Waals surface area contributed by atoms with E-state index < -0.39 is 17.9 Å². The van der Waals surface area contributed by atoms with Crippen LogP contribution in [0.15, 0.2) is 83.8 Å². The summed E-state index contributed by atoms with van der Waals surface area (Å²) in [6, 6.07) is 21.8. The zero-order valence-corrected chi connectivity index (χ0v) is 25.4. The van der Waals surface area contributed by atoms with Crippen molar-refractivity contribution in [3.05, 3.63) is 101 Å². The highest BCUT2D eigenvalue weighted by Gasteiger charge is 2.25. The van der Waals surface area contributed by atoms with Gasteiger partial charge < -0.3 is 15.2 Å². The molecule has 4 rings (SSSR count). The van der Waals surface area contributed by atoms with E-state index in [-0.39, 0.29) is 22.8 Å². The van der Waals surface area contributed by atoms with Crippen molar-refractivity contribution < 1.29 is 19.4 Å². The molecule has 6 nitrogen and oxygen atoms in total. The Hall–Kier alpha value is -3.26. The second-order valence-corrected chi connectivity index (χ2v) is 9.93. The van der Waals surface area contributed by atoms with Crippen LogP contribution in [0.5, 0.6) is 5.75 Å². The number of nitrogens with zero attached hydrogens (tertiary/aromatic N) is 1. The number of hydrogen-bond donors (Lipinski definition) is 2. The molecule has 0 aromatic heterocycles. The second-order valence-electron chi connectivity index (χ2n) is 8.36. The highest BCUT2D eigenvalue weighted by atomic mass is 35.5. The number of ether oxygens (including phenoxy) is 1. The van der Waals surface area contributed by atoms with Crippen LogP contribution in [-0.4, -0.2) is 47.5 Å². The number of carbonyl (C=O) groups is 2. The van der Waals surface area contributed by atoms with Gasteiger partial charge in [-0.1, -0.05) is 93.9 Å². The zero-order chi connectivity index (χ0) is 29.5. The van der Waals surface area contributed by atoms with Gasteiger partial charge in [0.2, 0.25) is 0 Å². The lowest BCUT2D eigenvalue weighted by molar-refractivity contribution is -0.142. The maximum atomic E-state index is 12.7. The fourth-order valence-corrected chi connectivity index (χ4v) is 5.18. The standard InChI is InChI=1S/C28H27ClN2O4S.2C2H6/c1-35-28(34)24(30-27(33)26-23(29)8-5-9-25(26)32)18-19-10-12-20(13-11-19)21-14-16-31(17-15-21)36-22-6-3-2-4-7-22;2*1-2/h2-14,24,32H,15-18H2,1H3,(H,30,33);2*1-2H3. The summed E-state index contributed by atoms with van der Waals surface area (Å²) in [5, 5.41) is 12.8. The molecule has 1 atom stereocenters. The number of aromatic hydroxyl groups is 1. The summed E-state index contributed by atoms with van der Waals surface area (Å²) in [6.07, 6.45) is 3.44. The van der Waals surface area contributed by atoms with E-state index in [1.807, 2.05) is 70.2 Å². The molecule has 1 unspecified atom stereocenters. The Morgan fingerprint density at radius 1 is 1.00 bits per heavy atom. The first-order valence-corrected chi connectivity index (χ1v) is 14.7. The van der Waals surface area contributed by atoms with Crippen LogP contribution in [0.1, 0.15) is 55.6 Å². The van der Waals surface area contributed by atoms with Crippen molar-refractivity contribution in [2.75, 3.05) is 20.2 Å². The highest BCUT2D eigenvalue weighted by molar-refractivity contribution is 7.97. The molecule has 3 aromatic carbocycles. The van der Waals surface area contributed by atoms with Gasteiger partial charge in [0.1, 0.15) is 11.8 Å². The molecule has 214 valence electrons. The van der Waals surface area contributed by atoms with E-state index in [1.165, 1.54) is 35.8 Å². The van der Waals surface area contributed by atoms with Crippen LogP contribution in [0.25, 0.3) is 5.57 Å². The first-order chi connectivity index (χ1) is 19.4. The van der Waals surface area contributed by atoms with Crippen LogP contribution in [0.4, 0.5) is 0 Å². The molecule has 0 bridgehead atoms. The Morgan fingerprint density at radius 2 is 1.68 bits per heavy atom. The van der Waals surface area contributed by atoms with Gasteiger partial charge in [-0.25, -0.2) is 9.10 Å². The number of halogens is 1. The Bertz CT molecular complexity index is 1230. The smallest absolute Gasteiger partial charge is 0.328 e. The fraction of sp³-hybridized carbons (Fsp3) is 0.312. The molecule has 1 aliphatic rings. The van der Waals surface area contributed by atoms with E-state index in [4.69, 9.17) is 16.3 Å². The molecule has 8 heteroatoms. The molecule has 0 fully saturated rings. The van der Waals surface area contributed by atoms with E-state index >= 15 is 0 Å². The molecule has 0 saturated carbocycles. The van der Waals surface area contributed by atoms with Gasteiger partial charge in [-0.05, 0) is 59.3 Å². The number of phenolic OH excluding ortho intramolecular Hbond substituents is 1. The van der Waals surface area contributed by atoms with Gasteiger partial charge in [-0.3, -0.25) is 4.79 Å². The van der Waals surface area contributed by atoms with E-state index in [1.54, 1.807) is 11.9 Å². The number of hydrogen-bond acceptors (Lipinski definition) is 6. The predicted molar refractivity (Wildman–Crippen MR) is 166 cm³/mol. The minimum Gasteiger partial charge on any atom is -0.507 e. The zero-order valence-electron chi connectivity index (χ0n) is 23.8. The first kappa shape index (κ1) is 32.9. The fourth-order valence-electron chi connectivity index (χ4n) is 4.02. The van der Waals surface area contributed by atoms with Crippen molar-refractivity contribution in [3.63, 3.8) is 0 Å². The molecule has 1 amide bonds. The average molecular weight is 583 g/mol. The lowest BCUT2D eigenvalue weighted by Crippen LogP contribution is -2.43. The van der Waals surface area contributed by atoms with Gasteiger partial charge in [0.25, 0.3) is 5.91 Å². The van der Waals surface area contributed by atoms with Crippen molar-refractivity contribution in [1.29, 1.82) is 0 Å². The third-order valence-electron chi connectivity index (χ3n) is 5.92. The summed E-state index contributed by atoms with van der Waals surface area (Å²) in [5.74, 6) is -1.48. The molecule has 0 radical (unpaired) electrons. The average Bonchev–Trinajstić information content (AvgIpc) is 3.00. The second kappa shape index (κ2) is 17.4. The van der Waals surface area contributed by atoms with Crippen LogP contribution in [0.3, 0.4) is 0 Å². The van der Waals surface area contributed by atoms with Crippen molar-refractivity contribution in [2.24, 2.45) is 0 Å². The number of rotatable bonds is 8. The number of benzene rings is 3. The van der Waals surface area contributed by atoms with Gasteiger partial charge in [0.15, 0.2) is 0 Å². The van der Waals surface area contributed by atoms with Crippen LogP contribution in [0, 0.1) is 0 Å². The third-order valence-corrected chi connectivity index (χ3v) is 7.31. The first-order valence-electron chi connectivity index (χ1n) is 13.6. The van der Waals surface area contributed by atoms with Crippen LogP contribution < -0.4 is 5.32 Å². The maximum absolute atomic E-state index is 12.7. The molecule has 0 spiro atoms. The summed E-state index contributed by atoms with van der Waals surface area (Å²) >= 11 is 7.84. The molecule has 3 aromatic rings. The summed E-state index contributed by atoms with van der Waals surface area (Å²) in [7, 11) is 1.27. The molecule has 1 aliphatic heterocycles. The van der Waals surface area contributed by atoms with Gasteiger partial charge in [-0.2, -0.15) is 0 Å². The van der Waals surface area contributed by atoms with Crippen molar-refractivity contribution in [1.82, 2.24) is 9.62 Å². The van der Waals surface area contributed by atoms with E-state index in [0.29, 0.717) is 0 Å². The van der Waals surface area contributed by atoms with Gasteiger partial charge in [-0.15, -0.1) is 0 Å². The Morgan fingerprint density at radius 3 is 2.25 bits per heavy atom. The molecule has 1 heterocycles. The van der Waals surface area contributed by atoms with E-state index in [2.05, 4.69) is 27.8 Å². The van der Waals surface area contributed by atoms with Crippen LogP contribution >= 0.6 is 23.5 Å². The summed E-state index contributed by atoms with van der Waals surface area (Å²) in [4.78, 5) is 26.3. The van der Waals surface area contributed by atoms with E-state index in [9.17, 15) is 14.7 Å². The van der Waals surface area contributed by atoms with E-state index in [0.717, 1.165) is 30.6 Å². The molecule has 2 N–H and O–H groups in total. The van der Waals surface area contributed by atoms with Crippen molar-refractivity contribution >= 4 is 41.0 Å². The van der Waals surface area contributed by atoms with Crippen molar-refractivity contribution in [3.8, 4) is 5.75 Å². The number of methoxy groups -OCH3 is 1. The molecule has 0 saturated heterocycles. The van der Waals surface area contributed by atoms with Crippen LogP contribution in [0.2, 0.25) is 5.02 Å². The Balaban J connectivity index is 0.00000134. The molecular formula is C32H39ClN2O4S. The molecule has 0 aliphatic carbocycles. The number of nitrogens with one attached hydrogen (secondary N) is 1. The quantitative estimate of drug-likeness (QED) is 0.213. The normalized spacial score (nSPS) is 13.4. The third kappa shape index (κ3) is 9.44. The number of amides is 1. The number of esters is 1. The minimum absolute atomic E-state index is 0.0767. The predicted octanol–water partition coefficient (Wildman–Crippen LogP) is 7.41. The van der Waals surface area contributed by atoms with Crippen LogP contribution in [-0.2, 0) is 16.0 Å².